The molecule has 1 aromatic carbocycles. The number of benzene rings is 1. The van der Waals surface area contributed by atoms with Gasteiger partial charge in [0.05, 0.1) is 30.9 Å². The van der Waals surface area contributed by atoms with Crippen molar-refractivity contribution in [1.29, 1.82) is 0 Å². The zero-order valence-electron chi connectivity index (χ0n) is 13.3. The van der Waals surface area contributed by atoms with E-state index >= 15 is 0 Å². The van der Waals surface area contributed by atoms with E-state index in [0.717, 1.165) is 25.7 Å². The van der Waals surface area contributed by atoms with Gasteiger partial charge in [0.1, 0.15) is 5.60 Å². The predicted octanol–water partition coefficient (Wildman–Crippen LogP) is 1.34. The minimum atomic E-state index is -1.35. The lowest BCUT2D eigenvalue weighted by Gasteiger charge is -2.39. The van der Waals surface area contributed by atoms with Crippen LogP contribution in [0.2, 0.25) is 0 Å². The van der Waals surface area contributed by atoms with Gasteiger partial charge in [-0.25, -0.2) is 9.97 Å². The average Bonchev–Trinajstić information content (AvgIpc) is 2.60. The van der Waals surface area contributed by atoms with Gasteiger partial charge in [-0.2, -0.15) is 0 Å². The third-order valence-electron chi connectivity index (χ3n) is 4.91. The summed E-state index contributed by atoms with van der Waals surface area (Å²) in [7, 11) is 1.53. The maximum Gasteiger partial charge on any atom is 0.232 e. The first-order valence-corrected chi connectivity index (χ1v) is 7.97. The van der Waals surface area contributed by atoms with Crippen LogP contribution >= 0.6 is 0 Å². The Hall–Kier alpha value is -1.76. The van der Waals surface area contributed by atoms with Crippen LogP contribution in [0.4, 0.5) is 0 Å². The molecule has 1 fully saturated rings. The second-order valence-corrected chi connectivity index (χ2v) is 6.28. The maximum atomic E-state index is 11.3. The Balaban J connectivity index is 2.08. The number of rotatable bonds is 4. The standard InChI is InChI=1S/C17H23N3O3/c1-23-15-9-19-14-4-2-3-13(16(14)20-15)17(22,10-21)11-5-7-12(18)8-6-11/h2-4,9,11-12,21-22H,5-8,10,18H2,1H3/t11?,12?,17-/m0/s1. The molecule has 6 heteroatoms. The highest BCUT2D eigenvalue weighted by Crippen LogP contribution is 2.41. The van der Waals surface area contributed by atoms with Gasteiger partial charge in [0.25, 0.3) is 0 Å². The number of hydrogen-bond acceptors (Lipinski definition) is 6. The van der Waals surface area contributed by atoms with E-state index in [2.05, 4.69) is 9.97 Å². The summed E-state index contributed by atoms with van der Waals surface area (Å²) in [5.41, 5.74) is 6.46. The minimum Gasteiger partial charge on any atom is -0.480 e. The molecule has 0 spiro atoms. The first kappa shape index (κ1) is 16.1. The molecule has 0 amide bonds. The molecular formula is C17H23N3O3. The maximum absolute atomic E-state index is 11.3. The number of ether oxygens (including phenoxy) is 1. The molecule has 2 aromatic rings. The summed E-state index contributed by atoms with van der Waals surface area (Å²) in [6.07, 6.45) is 4.82. The van der Waals surface area contributed by atoms with Crippen LogP contribution in [0.25, 0.3) is 11.0 Å². The fourth-order valence-corrected chi connectivity index (χ4v) is 3.50. The van der Waals surface area contributed by atoms with E-state index in [9.17, 15) is 10.2 Å². The molecular weight excluding hydrogens is 294 g/mol. The van der Waals surface area contributed by atoms with Gasteiger partial charge in [-0.05, 0) is 37.7 Å². The Kier molecular flexibility index (Phi) is 4.48. The molecule has 1 heterocycles. The topological polar surface area (TPSA) is 101 Å². The molecule has 124 valence electrons. The zero-order valence-corrected chi connectivity index (χ0v) is 13.3. The molecule has 3 rings (SSSR count). The summed E-state index contributed by atoms with van der Waals surface area (Å²) >= 11 is 0. The van der Waals surface area contributed by atoms with Gasteiger partial charge in [-0.15, -0.1) is 0 Å². The van der Waals surface area contributed by atoms with Gasteiger partial charge in [0, 0.05) is 11.6 Å². The Morgan fingerprint density at radius 2 is 2.04 bits per heavy atom. The van der Waals surface area contributed by atoms with Gasteiger partial charge in [-0.3, -0.25) is 0 Å². The van der Waals surface area contributed by atoms with Gasteiger partial charge in [0.2, 0.25) is 5.88 Å². The van der Waals surface area contributed by atoms with Crippen molar-refractivity contribution >= 4 is 11.0 Å². The summed E-state index contributed by atoms with van der Waals surface area (Å²) in [5, 5.41) is 21.2. The van der Waals surface area contributed by atoms with E-state index in [-0.39, 0.29) is 18.6 Å². The third-order valence-corrected chi connectivity index (χ3v) is 4.91. The lowest BCUT2D eigenvalue weighted by molar-refractivity contribution is -0.0790. The molecule has 0 unspecified atom stereocenters. The normalized spacial score (nSPS) is 24.3. The van der Waals surface area contributed by atoms with E-state index in [1.165, 1.54) is 7.11 Å². The van der Waals surface area contributed by atoms with E-state index in [1.807, 2.05) is 12.1 Å². The largest absolute Gasteiger partial charge is 0.480 e. The molecule has 1 aromatic heterocycles. The van der Waals surface area contributed by atoms with Gasteiger partial charge in [-0.1, -0.05) is 12.1 Å². The third kappa shape index (κ3) is 2.89. The van der Waals surface area contributed by atoms with Crippen LogP contribution in [0.1, 0.15) is 31.2 Å². The SMILES string of the molecule is COc1cnc2cccc([C@](O)(CO)C3CCC(N)CC3)c2n1. The van der Waals surface area contributed by atoms with Crippen molar-refractivity contribution in [3.8, 4) is 5.88 Å². The number of aliphatic hydroxyl groups excluding tert-OH is 1. The summed E-state index contributed by atoms with van der Waals surface area (Å²) in [4.78, 5) is 8.75. The first-order valence-electron chi connectivity index (χ1n) is 7.97. The highest BCUT2D eigenvalue weighted by Gasteiger charge is 2.41. The number of methoxy groups -OCH3 is 1. The summed E-state index contributed by atoms with van der Waals surface area (Å²) in [6.45, 7) is -0.356. The second-order valence-electron chi connectivity index (χ2n) is 6.28. The molecule has 4 N–H and O–H groups in total. The fraction of sp³-hybridized carbons (Fsp3) is 0.529. The van der Waals surface area contributed by atoms with Crippen LogP contribution in [0, 0.1) is 5.92 Å². The molecule has 0 saturated heterocycles. The van der Waals surface area contributed by atoms with Crippen molar-refractivity contribution in [3.05, 3.63) is 30.0 Å². The Bertz CT molecular complexity index is 686. The zero-order chi connectivity index (χ0) is 16.4. The predicted molar refractivity (Wildman–Crippen MR) is 87.0 cm³/mol. The van der Waals surface area contributed by atoms with Crippen molar-refractivity contribution < 1.29 is 14.9 Å². The Morgan fingerprint density at radius 3 is 2.70 bits per heavy atom. The van der Waals surface area contributed by atoms with Crippen LogP contribution in [0.3, 0.4) is 0 Å². The number of aromatic nitrogens is 2. The second kappa shape index (κ2) is 6.39. The number of fused-ring (bicyclic) bond motifs is 1. The lowest BCUT2D eigenvalue weighted by Crippen LogP contribution is -2.42. The van der Waals surface area contributed by atoms with Crippen molar-refractivity contribution in [1.82, 2.24) is 9.97 Å². The molecule has 1 aliphatic carbocycles. The average molecular weight is 317 g/mol. The lowest BCUT2D eigenvalue weighted by atomic mass is 9.72. The quantitative estimate of drug-likeness (QED) is 0.786. The minimum absolute atomic E-state index is 0.0501. The van der Waals surface area contributed by atoms with Gasteiger partial charge < -0.3 is 20.7 Å². The van der Waals surface area contributed by atoms with E-state index in [0.29, 0.717) is 22.5 Å². The number of nitrogens with zero attached hydrogens (tertiary/aromatic N) is 2. The van der Waals surface area contributed by atoms with Gasteiger partial charge >= 0.3 is 0 Å². The molecule has 1 aliphatic rings. The fourth-order valence-electron chi connectivity index (χ4n) is 3.50. The molecule has 0 radical (unpaired) electrons. The monoisotopic (exact) mass is 317 g/mol. The van der Waals surface area contributed by atoms with Crippen LogP contribution in [-0.4, -0.2) is 39.9 Å². The van der Waals surface area contributed by atoms with E-state index in [1.54, 1.807) is 12.3 Å². The molecule has 1 saturated carbocycles. The molecule has 6 nitrogen and oxygen atoms in total. The van der Waals surface area contributed by atoms with Crippen LogP contribution in [0.5, 0.6) is 5.88 Å². The smallest absolute Gasteiger partial charge is 0.232 e. The van der Waals surface area contributed by atoms with Crippen LogP contribution in [0.15, 0.2) is 24.4 Å². The molecule has 23 heavy (non-hydrogen) atoms. The van der Waals surface area contributed by atoms with E-state index < -0.39 is 5.60 Å². The summed E-state index contributed by atoms with van der Waals surface area (Å²) in [6, 6.07) is 5.65. The Labute approximate surface area is 135 Å². The van der Waals surface area contributed by atoms with Crippen molar-refractivity contribution in [2.45, 2.75) is 37.3 Å². The number of para-hydroxylation sites is 1. The summed E-state index contributed by atoms with van der Waals surface area (Å²) in [5.74, 6) is 0.335. The van der Waals surface area contributed by atoms with Crippen molar-refractivity contribution in [2.75, 3.05) is 13.7 Å². The molecule has 0 bridgehead atoms. The number of nitrogens with two attached hydrogens (primary N) is 1. The highest BCUT2D eigenvalue weighted by molar-refractivity contribution is 5.79. The van der Waals surface area contributed by atoms with Gasteiger partial charge in [0.15, 0.2) is 0 Å². The first-order chi connectivity index (χ1) is 11.1. The van der Waals surface area contributed by atoms with E-state index in [4.69, 9.17) is 10.5 Å². The molecule has 0 aliphatic heterocycles. The van der Waals surface area contributed by atoms with Crippen LogP contribution in [-0.2, 0) is 5.60 Å². The number of aliphatic hydroxyl groups is 2. The summed E-state index contributed by atoms with van der Waals surface area (Å²) < 4.78 is 5.15. The number of hydrogen-bond donors (Lipinski definition) is 3. The Morgan fingerprint density at radius 1 is 1.30 bits per heavy atom. The molecule has 1 atom stereocenters. The van der Waals surface area contributed by atoms with Crippen LogP contribution < -0.4 is 10.5 Å². The highest BCUT2D eigenvalue weighted by atomic mass is 16.5. The van der Waals surface area contributed by atoms with Crippen molar-refractivity contribution in [3.63, 3.8) is 0 Å². The van der Waals surface area contributed by atoms with Crippen molar-refractivity contribution in [2.24, 2.45) is 11.7 Å².